The van der Waals surface area contributed by atoms with Crippen LogP contribution in [0.2, 0.25) is 0 Å². The molecular formula is C18H31N3O2. The van der Waals surface area contributed by atoms with E-state index in [9.17, 15) is 9.59 Å². The maximum absolute atomic E-state index is 12.5. The van der Waals surface area contributed by atoms with Crippen molar-refractivity contribution in [2.45, 2.75) is 82.7 Å². The minimum Gasteiger partial charge on any atom is -0.353 e. The predicted molar refractivity (Wildman–Crippen MR) is 90.1 cm³/mol. The number of carbonyl (C=O) groups is 2. The van der Waals surface area contributed by atoms with Crippen molar-refractivity contribution in [1.29, 1.82) is 0 Å². The van der Waals surface area contributed by atoms with Crippen LogP contribution in [0.1, 0.15) is 70.6 Å². The summed E-state index contributed by atoms with van der Waals surface area (Å²) in [6, 6.07) is 0.744. The summed E-state index contributed by atoms with van der Waals surface area (Å²) in [7, 11) is 0. The molecule has 0 radical (unpaired) electrons. The minimum absolute atomic E-state index is 0.0264. The Balaban J connectivity index is 1.46. The lowest BCUT2D eigenvalue weighted by Crippen LogP contribution is -2.52. The highest BCUT2D eigenvalue weighted by molar-refractivity contribution is 5.81. The molecule has 0 aromatic rings. The summed E-state index contributed by atoms with van der Waals surface area (Å²) < 4.78 is 0. The Kier molecular flexibility index (Phi) is 5.79. The minimum atomic E-state index is -0.0264. The number of amides is 3. The van der Waals surface area contributed by atoms with Crippen LogP contribution in [-0.2, 0) is 4.79 Å². The van der Waals surface area contributed by atoms with Crippen LogP contribution in [-0.4, -0.2) is 42.0 Å². The van der Waals surface area contributed by atoms with E-state index in [1.54, 1.807) is 0 Å². The first-order chi connectivity index (χ1) is 11.2. The van der Waals surface area contributed by atoms with E-state index in [0.717, 1.165) is 45.1 Å². The topological polar surface area (TPSA) is 61.4 Å². The molecule has 0 unspecified atom stereocenters. The Morgan fingerprint density at radius 3 is 2.04 bits per heavy atom. The van der Waals surface area contributed by atoms with Crippen LogP contribution in [0.5, 0.6) is 0 Å². The molecule has 0 spiro atoms. The van der Waals surface area contributed by atoms with Crippen LogP contribution < -0.4 is 10.6 Å². The molecule has 2 N–H and O–H groups in total. The van der Waals surface area contributed by atoms with Crippen LogP contribution in [0, 0.1) is 5.92 Å². The smallest absolute Gasteiger partial charge is 0.317 e. The standard InChI is InChI=1S/C18H31N3O2/c22-17(19-15-10-4-5-11-15)14-7-6-12-21(13-14)18(23)20-16-8-2-1-3-9-16/h14-16H,1-13H2,(H,19,22)(H,20,23)/t14-/m1/s1. The second kappa shape index (κ2) is 8.02. The zero-order valence-electron chi connectivity index (χ0n) is 14.2. The fourth-order valence-corrected chi connectivity index (χ4v) is 4.28. The van der Waals surface area contributed by atoms with Gasteiger partial charge in [0.15, 0.2) is 0 Å². The van der Waals surface area contributed by atoms with Gasteiger partial charge in [0.25, 0.3) is 0 Å². The van der Waals surface area contributed by atoms with Crippen molar-refractivity contribution in [1.82, 2.24) is 15.5 Å². The summed E-state index contributed by atoms with van der Waals surface area (Å²) in [6.07, 6.45) is 12.5. The number of nitrogens with one attached hydrogen (secondary N) is 2. The van der Waals surface area contributed by atoms with E-state index in [0.29, 0.717) is 18.6 Å². The first-order valence-electron chi connectivity index (χ1n) is 9.58. The molecule has 0 bridgehead atoms. The van der Waals surface area contributed by atoms with E-state index in [1.807, 2.05) is 4.90 Å². The molecule has 3 rings (SSSR count). The zero-order chi connectivity index (χ0) is 16.1. The monoisotopic (exact) mass is 321 g/mol. The Labute approximate surface area is 139 Å². The molecule has 1 heterocycles. The number of hydrogen-bond acceptors (Lipinski definition) is 2. The molecule has 1 saturated heterocycles. The van der Waals surface area contributed by atoms with E-state index in [-0.39, 0.29) is 17.9 Å². The quantitative estimate of drug-likeness (QED) is 0.839. The third-order valence-corrected chi connectivity index (χ3v) is 5.71. The molecular weight excluding hydrogens is 290 g/mol. The molecule has 5 nitrogen and oxygen atoms in total. The Morgan fingerprint density at radius 1 is 0.739 bits per heavy atom. The van der Waals surface area contributed by atoms with E-state index in [1.165, 1.54) is 32.1 Å². The van der Waals surface area contributed by atoms with Crippen molar-refractivity contribution >= 4 is 11.9 Å². The molecule has 23 heavy (non-hydrogen) atoms. The largest absolute Gasteiger partial charge is 0.353 e. The Hall–Kier alpha value is -1.26. The maximum atomic E-state index is 12.5. The summed E-state index contributed by atoms with van der Waals surface area (Å²) >= 11 is 0. The molecule has 0 aromatic heterocycles. The van der Waals surface area contributed by atoms with Gasteiger partial charge in [0, 0.05) is 25.2 Å². The van der Waals surface area contributed by atoms with Crippen molar-refractivity contribution in [3.05, 3.63) is 0 Å². The molecule has 0 aromatic carbocycles. The van der Waals surface area contributed by atoms with Crippen LogP contribution in [0.25, 0.3) is 0 Å². The Bertz CT molecular complexity index is 414. The molecule has 5 heteroatoms. The van der Waals surface area contributed by atoms with Gasteiger partial charge in [-0.2, -0.15) is 0 Å². The second-order valence-corrected chi connectivity index (χ2v) is 7.56. The van der Waals surface area contributed by atoms with Crippen molar-refractivity contribution in [2.75, 3.05) is 13.1 Å². The molecule has 1 aliphatic heterocycles. The van der Waals surface area contributed by atoms with E-state index >= 15 is 0 Å². The van der Waals surface area contributed by atoms with E-state index in [2.05, 4.69) is 10.6 Å². The molecule has 2 saturated carbocycles. The normalized spacial score (nSPS) is 27.0. The lowest BCUT2D eigenvalue weighted by atomic mass is 9.95. The summed E-state index contributed by atoms with van der Waals surface area (Å²) in [6.45, 7) is 1.36. The van der Waals surface area contributed by atoms with Gasteiger partial charge in [-0.25, -0.2) is 4.79 Å². The fourth-order valence-electron chi connectivity index (χ4n) is 4.28. The van der Waals surface area contributed by atoms with Crippen LogP contribution in [0.3, 0.4) is 0 Å². The third-order valence-electron chi connectivity index (χ3n) is 5.71. The van der Waals surface area contributed by atoms with Gasteiger partial charge in [-0.15, -0.1) is 0 Å². The van der Waals surface area contributed by atoms with Crippen LogP contribution in [0.4, 0.5) is 4.79 Å². The number of nitrogens with zero attached hydrogens (tertiary/aromatic N) is 1. The number of hydrogen-bond donors (Lipinski definition) is 2. The van der Waals surface area contributed by atoms with Gasteiger partial charge < -0.3 is 15.5 Å². The number of urea groups is 1. The van der Waals surface area contributed by atoms with E-state index in [4.69, 9.17) is 0 Å². The van der Waals surface area contributed by atoms with Crippen molar-refractivity contribution in [3.63, 3.8) is 0 Å². The third kappa shape index (κ3) is 4.61. The summed E-state index contributed by atoms with van der Waals surface area (Å²) in [5, 5.41) is 6.37. The summed E-state index contributed by atoms with van der Waals surface area (Å²) in [4.78, 5) is 26.8. The lowest BCUT2D eigenvalue weighted by molar-refractivity contribution is -0.127. The summed E-state index contributed by atoms with van der Waals surface area (Å²) in [5.74, 6) is 0.133. The predicted octanol–water partition coefficient (Wildman–Crippen LogP) is 2.80. The molecule has 1 atom stereocenters. The number of piperidine rings is 1. The molecule has 3 aliphatic rings. The SMILES string of the molecule is O=C(NC1CCCC1)[C@@H]1CCCN(C(=O)NC2CCCCC2)C1. The van der Waals surface area contributed by atoms with Gasteiger partial charge in [0.05, 0.1) is 5.92 Å². The fraction of sp³-hybridized carbons (Fsp3) is 0.889. The van der Waals surface area contributed by atoms with Gasteiger partial charge in [0.2, 0.25) is 5.91 Å². The zero-order valence-corrected chi connectivity index (χ0v) is 14.2. The van der Waals surface area contributed by atoms with Gasteiger partial charge in [-0.1, -0.05) is 32.1 Å². The average Bonchev–Trinajstić information content (AvgIpc) is 3.09. The highest BCUT2D eigenvalue weighted by Gasteiger charge is 2.30. The maximum Gasteiger partial charge on any atom is 0.317 e. The van der Waals surface area contributed by atoms with Gasteiger partial charge in [-0.3, -0.25) is 4.79 Å². The Morgan fingerprint density at radius 2 is 1.35 bits per heavy atom. The van der Waals surface area contributed by atoms with Crippen molar-refractivity contribution in [3.8, 4) is 0 Å². The highest BCUT2D eigenvalue weighted by Crippen LogP contribution is 2.22. The van der Waals surface area contributed by atoms with Crippen LogP contribution in [0.15, 0.2) is 0 Å². The molecule has 2 aliphatic carbocycles. The van der Waals surface area contributed by atoms with Crippen molar-refractivity contribution in [2.24, 2.45) is 5.92 Å². The molecule has 3 fully saturated rings. The number of carbonyl (C=O) groups excluding carboxylic acids is 2. The average molecular weight is 321 g/mol. The van der Waals surface area contributed by atoms with Gasteiger partial charge in [0.1, 0.15) is 0 Å². The number of likely N-dealkylation sites (tertiary alicyclic amines) is 1. The highest BCUT2D eigenvalue weighted by atomic mass is 16.2. The van der Waals surface area contributed by atoms with Crippen molar-refractivity contribution < 1.29 is 9.59 Å². The lowest BCUT2D eigenvalue weighted by Gasteiger charge is -2.34. The van der Waals surface area contributed by atoms with Gasteiger partial charge >= 0.3 is 6.03 Å². The van der Waals surface area contributed by atoms with E-state index < -0.39 is 0 Å². The first kappa shape index (κ1) is 16.6. The second-order valence-electron chi connectivity index (χ2n) is 7.56. The van der Waals surface area contributed by atoms with Crippen LogP contribution >= 0.6 is 0 Å². The molecule has 130 valence electrons. The molecule has 3 amide bonds. The summed E-state index contributed by atoms with van der Waals surface area (Å²) in [5.41, 5.74) is 0. The number of rotatable bonds is 3. The first-order valence-corrected chi connectivity index (χ1v) is 9.58. The van der Waals surface area contributed by atoms with Gasteiger partial charge in [-0.05, 0) is 38.5 Å².